The topological polar surface area (TPSA) is 32.3 Å². The van der Waals surface area contributed by atoms with Gasteiger partial charge in [-0.3, -0.25) is 9.69 Å². The summed E-state index contributed by atoms with van der Waals surface area (Å²) >= 11 is 0. The van der Waals surface area contributed by atoms with Crippen molar-refractivity contribution in [3.8, 4) is 0 Å². The molecule has 1 N–H and O–H groups in total. The minimum Gasteiger partial charge on any atom is -0.346 e. The number of hydrogen-bond acceptors (Lipinski definition) is 2. The number of halogens is 3. The second-order valence-corrected chi connectivity index (χ2v) is 7.35. The second-order valence-electron chi connectivity index (χ2n) is 7.35. The van der Waals surface area contributed by atoms with Crippen LogP contribution in [0.5, 0.6) is 0 Å². The highest BCUT2D eigenvalue weighted by atomic mass is 19.4. The van der Waals surface area contributed by atoms with E-state index in [1.807, 2.05) is 12.1 Å². The summed E-state index contributed by atoms with van der Waals surface area (Å²) in [6.45, 7) is 4.77. The van der Waals surface area contributed by atoms with Crippen molar-refractivity contribution in [3.05, 3.63) is 70.8 Å². The zero-order valence-corrected chi connectivity index (χ0v) is 15.9. The maximum atomic E-state index is 12.9. The molecule has 2 aromatic rings. The van der Waals surface area contributed by atoms with Crippen LogP contribution >= 0.6 is 0 Å². The van der Waals surface area contributed by atoms with Crippen LogP contribution in [-0.4, -0.2) is 23.9 Å². The van der Waals surface area contributed by atoms with E-state index in [0.717, 1.165) is 37.3 Å². The molecule has 1 aliphatic heterocycles. The monoisotopic (exact) mass is 390 g/mol. The molecule has 3 rings (SSSR count). The highest BCUT2D eigenvalue weighted by Gasteiger charge is 2.30. The molecule has 1 heterocycles. The highest BCUT2D eigenvalue weighted by Crippen LogP contribution is 2.30. The van der Waals surface area contributed by atoms with Crippen LogP contribution in [0.25, 0.3) is 0 Å². The third-order valence-corrected chi connectivity index (χ3v) is 5.13. The minimum atomic E-state index is -4.40. The van der Waals surface area contributed by atoms with E-state index in [1.165, 1.54) is 25.3 Å². The number of nitrogens with one attached hydrogen (secondary N) is 1. The van der Waals surface area contributed by atoms with Crippen molar-refractivity contribution in [1.29, 1.82) is 0 Å². The van der Waals surface area contributed by atoms with Crippen LogP contribution in [-0.2, 0) is 12.7 Å². The Morgan fingerprint density at radius 1 is 1.07 bits per heavy atom. The van der Waals surface area contributed by atoms with Gasteiger partial charge >= 0.3 is 6.18 Å². The SMILES string of the molecule is C[C@@H](NC(=O)c1ccc(CN2CCCCC2)cc1)c1cccc(C(F)(F)F)c1. The molecule has 1 saturated heterocycles. The van der Waals surface area contributed by atoms with Gasteiger partial charge in [0.2, 0.25) is 0 Å². The van der Waals surface area contributed by atoms with E-state index in [2.05, 4.69) is 10.2 Å². The number of carbonyl (C=O) groups excluding carboxylic acids is 1. The number of carbonyl (C=O) groups is 1. The fraction of sp³-hybridized carbons (Fsp3) is 0.409. The summed E-state index contributed by atoms with van der Waals surface area (Å²) in [7, 11) is 0. The standard InChI is InChI=1S/C22H25F3N2O/c1-16(19-6-5-7-20(14-19)22(23,24)25)26-21(28)18-10-8-17(9-11-18)15-27-12-3-2-4-13-27/h5-11,14,16H,2-4,12-13,15H2,1H3,(H,26,28)/t16-/m1/s1. The van der Waals surface area contributed by atoms with Gasteiger partial charge in [0.05, 0.1) is 11.6 Å². The Balaban J connectivity index is 1.61. The summed E-state index contributed by atoms with van der Waals surface area (Å²) in [4.78, 5) is 14.9. The fourth-order valence-electron chi connectivity index (χ4n) is 3.48. The van der Waals surface area contributed by atoms with Gasteiger partial charge in [-0.05, 0) is 68.2 Å². The van der Waals surface area contributed by atoms with Crippen molar-refractivity contribution < 1.29 is 18.0 Å². The molecule has 0 saturated carbocycles. The van der Waals surface area contributed by atoms with Crippen LogP contribution in [0.1, 0.15) is 59.3 Å². The molecule has 28 heavy (non-hydrogen) atoms. The van der Waals surface area contributed by atoms with E-state index in [1.54, 1.807) is 25.1 Å². The van der Waals surface area contributed by atoms with E-state index < -0.39 is 17.8 Å². The molecule has 0 aromatic heterocycles. The van der Waals surface area contributed by atoms with Gasteiger partial charge in [-0.2, -0.15) is 13.2 Å². The smallest absolute Gasteiger partial charge is 0.346 e. The normalized spacial score (nSPS) is 16.6. The Hall–Kier alpha value is -2.34. The van der Waals surface area contributed by atoms with Crippen molar-refractivity contribution in [2.45, 2.75) is 44.9 Å². The number of rotatable bonds is 5. The largest absolute Gasteiger partial charge is 0.416 e. The zero-order chi connectivity index (χ0) is 20.1. The van der Waals surface area contributed by atoms with Crippen LogP contribution in [0.2, 0.25) is 0 Å². The summed E-state index contributed by atoms with van der Waals surface area (Å²) in [6.07, 6.45) is -0.647. The summed E-state index contributed by atoms with van der Waals surface area (Å²) in [5, 5.41) is 2.78. The molecule has 0 bridgehead atoms. The molecule has 1 fully saturated rings. The van der Waals surface area contributed by atoms with Crippen LogP contribution in [0.4, 0.5) is 13.2 Å². The molecule has 1 atom stereocenters. The molecule has 2 aromatic carbocycles. The molecule has 0 radical (unpaired) electrons. The Morgan fingerprint density at radius 3 is 2.39 bits per heavy atom. The van der Waals surface area contributed by atoms with Crippen molar-refractivity contribution in [1.82, 2.24) is 10.2 Å². The van der Waals surface area contributed by atoms with Crippen molar-refractivity contribution in [2.75, 3.05) is 13.1 Å². The van der Waals surface area contributed by atoms with E-state index >= 15 is 0 Å². The first-order chi connectivity index (χ1) is 13.3. The number of piperidine rings is 1. The third kappa shape index (κ3) is 5.35. The summed E-state index contributed by atoms with van der Waals surface area (Å²) < 4.78 is 38.6. The van der Waals surface area contributed by atoms with Crippen molar-refractivity contribution >= 4 is 5.91 Å². The number of benzene rings is 2. The van der Waals surface area contributed by atoms with Crippen LogP contribution in [0, 0.1) is 0 Å². The Morgan fingerprint density at radius 2 is 1.75 bits per heavy atom. The molecule has 1 amide bonds. The summed E-state index contributed by atoms with van der Waals surface area (Å²) in [5.41, 5.74) is 1.36. The average Bonchev–Trinajstić information content (AvgIpc) is 2.69. The zero-order valence-electron chi connectivity index (χ0n) is 15.9. The van der Waals surface area contributed by atoms with Gasteiger partial charge in [-0.15, -0.1) is 0 Å². The maximum Gasteiger partial charge on any atom is 0.416 e. The number of hydrogen-bond donors (Lipinski definition) is 1. The van der Waals surface area contributed by atoms with Gasteiger partial charge in [0.25, 0.3) is 5.91 Å². The van der Waals surface area contributed by atoms with Crippen LogP contribution in [0.15, 0.2) is 48.5 Å². The number of alkyl halides is 3. The summed E-state index contributed by atoms with van der Waals surface area (Å²) in [6, 6.07) is 11.9. The minimum absolute atomic E-state index is 0.297. The lowest BCUT2D eigenvalue weighted by Crippen LogP contribution is -2.29. The number of amides is 1. The lowest BCUT2D eigenvalue weighted by Gasteiger charge is -2.26. The van der Waals surface area contributed by atoms with Gasteiger partial charge in [-0.25, -0.2) is 0 Å². The van der Waals surface area contributed by atoms with Gasteiger partial charge in [0, 0.05) is 12.1 Å². The first-order valence-electron chi connectivity index (χ1n) is 9.62. The molecule has 0 unspecified atom stereocenters. The van der Waals surface area contributed by atoms with Crippen LogP contribution in [0.3, 0.4) is 0 Å². The van der Waals surface area contributed by atoms with E-state index in [-0.39, 0.29) is 5.91 Å². The number of likely N-dealkylation sites (tertiary alicyclic amines) is 1. The fourth-order valence-corrected chi connectivity index (χ4v) is 3.48. The van der Waals surface area contributed by atoms with Crippen molar-refractivity contribution in [3.63, 3.8) is 0 Å². The molecule has 3 nitrogen and oxygen atoms in total. The Kier molecular flexibility index (Phi) is 6.39. The molecule has 1 aliphatic rings. The molecule has 150 valence electrons. The first kappa shape index (κ1) is 20.4. The lowest BCUT2D eigenvalue weighted by molar-refractivity contribution is -0.137. The summed E-state index contributed by atoms with van der Waals surface area (Å²) in [5.74, 6) is -0.297. The highest BCUT2D eigenvalue weighted by molar-refractivity contribution is 5.94. The first-order valence-corrected chi connectivity index (χ1v) is 9.62. The lowest BCUT2D eigenvalue weighted by atomic mass is 10.0. The van der Waals surface area contributed by atoms with Gasteiger partial charge in [-0.1, -0.05) is 30.7 Å². The Bertz CT molecular complexity index is 796. The number of nitrogens with zero attached hydrogens (tertiary/aromatic N) is 1. The maximum absolute atomic E-state index is 12.9. The molecule has 0 spiro atoms. The van der Waals surface area contributed by atoms with Crippen LogP contribution < -0.4 is 5.32 Å². The molecule has 0 aliphatic carbocycles. The van der Waals surface area contributed by atoms with Crippen molar-refractivity contribution in [2.24, 2.45) is 0 Å². The van der Waals surface area contributed by atoms with Gasteiger partial charge < -0.3 is 5.32 Å². The van der Waals surface area contributed by atoms with Gasteiger partial charge in [0.15, 0.2) is 0 Å². The second kappa shape index (κ2) is 8.78. The van der Waals surface area contributed by atoms with E-state index in [0.29, 0.717) is 11.1 Å². The Labute approximate surface area is 163 Å². The predicted octanol–water partition coefficient (Wildman–Crippen LogP) is 5.18. The van der Waals surface area contributed by atoms with E-state index in [4.69, 9.17) is 0 Å². The van der Waals surface area contributed by atoms with Gasteiger partial charge in [0.1, 0.15) is 0 Å². The molecular formula is C22H25F3N2O. The molecular weight excluding hydrogens is 365 g/mol. The third-order valence-electron chi connectivity index (χ3n) is 5.13. The average molecular weight is 390 g/mol. The molecule has 6 heteroatoms. The quantitative estimate of drug-likeness (QED) is 0.763. The predicted molar refractivity (Wildman–Crippen MR) is 103 cm³/mol. The van der Waals surface area contributed by atoms with E-state index in [9.17, 15) is 18.0 Å².